The van der Waals surface area contributed by atoms with Crippen molar-refractivity contribution in [2.75, 3.05) is 38.1 Å². The second-order valence-electron chi connectivity index (χ2n) is 8.09. The molecule has 0 atom stereocenters. The number of hydrogen-bond acceptors (Lipinski definition) is 5. The Kier molecular flexibility index (Phi) is 6.64. The Labute approximate surface area is 177 Å². The molecule has 1 saturated heterocycles. The van der Waals surface area contributed by atoms with E-state index in [1.807, 2.05) is 30.3 Å². The highest BCUT2D eigenvalue weighted by Crippen LogP contribution is 2.26. The molecular formula is C24H30N4O2. The molecule has 1 N–H and O–H groups in total. The van der Waals surface area contributed by atoms with Gasteiger partial charge in [0.2, 0.25) is 5.91 Å². The zero-order chi connectivity index (χ0) is 20.8. The molecule has 1 aliphatic rings. The van der Waals surface area contributed by atoms with Gasteiger partial charge in [-0.1, -0.05) is 42.5 Å². The van der Waals surface area contributed by atoms with E-state index < -0.39 is 0 Å². The molecule has 0 spiro atoms. The van der Waals surface area contributed by atoms with Gasteiger partial charge in [0, 0.05) is 32.1 Å². The van der Waals surface area contributed by atoms with Crippen LogP contribution < -0.4 is 10.2 Å². The average molecular weight is 407 g/mol. The van der Waals surface area contributed by atoms with Gasteiger partial charge < -0.3 is 19.5 Å². The van der Waals surface area contributed by atoms with E-state index in [1.165, 1.54) is 5.56 Å². The molecule has 6 heteroatoms. The highest BCUT2D eigenvalue weighted by molar-refractivity contribution is 5.79. The van der Waals surface area contributed by atoms with Crippen molar-refractivity contribution in [2.45, 2.75) is 25.8 Å². The molecular weight excluding hydrogens is 376 g/mol. The summed E-state index contributed by atoms with van der Waals surface area (Å²) in [4.78, 5) is 21.5. The number of carbonyl (C=O) groups is 1. The Morgan fingerprint density at radius 3 is 2.63 bits per heavy atom. The first kappa shape index (κ1) is 20.4. The van der Waals surface area contributed by atoms with Crippen molar-refractivity contribution in [1.29, 1.82) is 0 Å². The first-order valence-electron chi connectivity index (χ1n) is 10.8. The van der Waals surface area contributed by atoms with Crippen LogP contribution in [-0.2, 0) is 11.3 Å². The number of nitrogens with one attached hydrogen (secondary N) is 1. The molecule has 0 saturated carbocycles. The van der Waals surface area contributed by atoms with Gasteiger partial charge in [-0.2, -0.15) is 4.98 Å². The van der Waals surface area contributed by atoms with E-state index in [4.69, 9.17) is 4.42 Å². The van der Waals surface area contributed by atoms with Crippen LogP contribution in [-0.4, -0.2) is 49.0 Å². The van der Waals surface area contributed by atoms with Crippen LogP contribution in [0.15, 0.2) is 59.0 Å². The molecule has 0 unspecified atom stereocenters. The first-order valence-corrected chi connectivity index (χ1v) is 10.8. The molecule has 2 aromatic carbocycles. The van der Waals surface area contributed by atoms with Crippen molar-refractivity contribution >= 4 is 23.0 Å². The molecule has 1 fully saturated rings. The van der Waals surface area contributed by atoms with Crippen LogP contribution in [0.3, 0.4) is 0 Å². The number of para-hydroxylation sites is 2. The minimum atomic E-state index is 0.0766. The monoisotopic (exact) mass is 406 g/mol. The van der Waals surface area contributed by atoms with Crippen molar-refractivity contribution < 1.29 is 9.21 Å². The normalized spacial score (nSPS) is 15.1. The summed E-state index contributed by atoms with van der Waals surface area (Å²) in [6, 6.07) is 18.9. The highest BCUT2D eigenvalue weighted by atomic mass is 16.4. The molecule has 0 aliphatic carbocycles. The number of anilines is 1. The molecule has 1 aromatic heterocycles. The van der Waals surface area contributed by atoms with Gasteiger partial charge in [-0.15, -0.1) is 0 Å². The van der Waals surface area contributed by atoms with E-state index in [1.54, 1.807) is 0 Å². The fraction of sp³-hybridized carbons (Fsp3) is 0.417. The average Bonchev–Trinajstić information content (AvgIpc) is 3.22. The summed E-state index contributed by atoms with van der Waals surface area (Å²) in [6.45, 7) is 4.22. The van der Waals surface area contributed by atoms with E-state index >= 15 is 0 Å². The summed E-state index contributed by atoms with van der Waals surface area (Å²) in [6.07, 6.45) is 2.62. The van der Waals surface area contributed by atoms with E-state index in [9.17, 15) is 4.79 Å². The van der Waals surface area contributed by atoms with Crippen molar-refractivity contribution in [2.24, 2.45) is 5.92 Å². The summed E-state index contributed by atoms with van der Waals surface area (Å²) in [5, 5.41) is 3.12. The van der Waals surface area contributed by atoms with Gasteiger partial charge in [-0.05, 0) is 50.6 Å². The number of benzene rings is 2. The zero-order valence-corrected chi connectivity index (χ0v) is 17.6. The number of amides is 1. The molecule has 1 amide bonds. The second kappa shape index (κ2) is 9.76. The lowest BCUT2D eigenvalue weighted by Crippen LogP contribution is -2.41. The topological polar surface area (TPSA) is 61.6 Å². The molecule has 6 nitrogen and oxygen atoms in total. The predicted molar refractivity (Wildman–Crippen MR) is 119 cm³/mol. The van der Waals surface area contributed by atoms with Gasteiger partial charge in [-0.3, -0.25) is 4.79 Å². The maximum absolute atomic E-state index is 12.5. The third-order valence-corrected chi connectivity index (χ3v) is 5.73. The van der Waals surface area contributed by atoms with Crippen LogP contribution in [0.4, 0.5) is 6.01 Å². The van der Waals surface area contributed by atoms with E-state index in [2.05, 4.69) is 51.4 Å². The van der Waals surface area contributed by atoms with Crippen molar-refractivity contribution in [1.82, 2.24) is 15.2 Å². The minimum Gasteiger partial charge on any atom is -0.423 e. The highest BCUT2D eigenvalue weighted by Gasteiger charge is 2.27. The van der Waals surface area contributed by atoms with E-state index in [0.717, 1.165) is 63.1 Å². The number of nitrogens with zero attached hydrogens (tertiary/aromatic N) is 3. The summed E-state index contributed by atoms with van der Waals surface area (Å²) in [5.74, 6) is 0.255. The van der Waals surface area contributed by atoms with Gasteiger partial charge in [0.05, 0.1) is 0 Å². The second-order valence-corrected chi connectivity index (χ2v) is 8.09. The fourth-order valence-corrected chi connectivity index (χ4v) is 4.01. The van der Waals surface area contributed by atoms with E-state index in [0.29, 0.717) is 6.01 Å². The lowest BCUT2D eigenvalue weighted by Gasteiger charge is -2.30. The van der Waals surface area contributed by atoms with Crippen molar-refractivity contribution in [3.63, 3.8) is 0 Å². The molecule has 0 bridgehead atoms. The Bertz CT molecular complexity index is 915. The number of oxazole rings is 1. The molecule has 0 radical (unpaired) electrons. The summed E-state index contributed by atoms with van der Waals surface area (Å²) in [5.41, 5.74) is 3.00. The van der Waals surface area contributed by atoms with Crippen LogP contribution in [0.2, 0.25) is 0 Å². The first-order chi connectivity index (χ1) is 14.7. The number of fused-ring (bicyclic) bond motifs is 1. The largest absolute Gasteiger partial charge is 0.423 e. The Morgan fingerprint density at radius 1 is 1.13 bits per heavy atom. The molecule has 30 heavy (non-hydrogen) atoms. The van der Waals surface area contributed by atoms with Gasteiger partial charge >= 0.3 is 0 Å². The Morgan fingerprint density at radius 2 is 1.87 bits per heavy atom. The van der Waals surface area contributed by atoms with E-state index in [-0.39, 0.29) is 11.8 Å². The Balaban J connectivity index is 1.16. The predicted octanol–water partition coefficient (Wildman–Crippen LogP) is 3.68. The summed E-state index contributed by atoms with van der Waals surface area (Å²) < 4.78 is 5.86. The van der Waals surface area contributed by atoms with Gasteiger partial charge in [0.25, 0.3) is 6.01 Å². The summed E-state index contributed by atoms with van der Waals surface area (Å²) >= 11 is 0. The smallest absolute Gasteiger partial charge is 0.298 e. The number of aromatic nitrogens is 1. The Hall–Kier alpha value is -2.86. The van der Waals surface area contributed by atoms with Crippen LogP contribution in [0, 0.1) is 5.92 Å². The molecule has 1 aliphatic heterocycles. The van der Waals surface area contributed by atoms with Crippen molar-refractivity contribution in [3.8, 4) is 0 Å². The van der Waals surface area contributed by atoms with Gasteiger partial charge in [-0.25, -0.2) is 0 Å². The molecule has 2 heterocycles. The minimum absolute atomic E-state index is 0.0766. The molecule has 4 rings (SSSR count). The quantitative estimate of drug-likeness (QED) is 0.578. The van der Waals surface area contributed by atoms with Crippen LogP contribution in [0.25, 0.3) is 11.1 Å². The van der Waals surface area contributed by atoms with Crippen molar-refractivity contribution in [3.05, 3.63) is 60.2 Å². The van der Waals surface area contributed by atoms with Gasteiger partial charge in [0.15, 0.2) is 5.58 Å². The number of piperidine rings is 1. The van der Waals surface area contributed by atoms with Crippen LogP contribution in [0.1, 0.15) is 24.8 Å². The number of hydrogen-bond donors (Lipinski definition) is 1. The lowest BCUT2D eigenvalue weighted by atomic mass is 9.96. The van der Waals surface area contributed by atoms with Crippen LogP contribution >= 0.6 is 0 Å². The lowest BCUT2D eigenvalue weighted by molar-refractivity contribution is -0.125. The van der Waals surface area contributed by atoms with Crippen LogP contribution in [0.5, 0.6) is 0 Å². The standard InChI is InChI=1S/C24H30N4O2/c1-27(18-19-8-3-2-4-9-19)15-7-14-25-23(29)20-12-16-28(17-13-20)24-26-21-10-5-6-11-22(21)30-24/h2-6,8-11,20H,7,12-18H2,1H3,(H,25,29). The third-order valence-electron chi connectivity index (χ3n) is 5.73. The molecule has 158 valence electrons. The molecule has 3 aromatic rings. The zero-order valence-electron chi connectivity index (χ0n) is 17.6. The maximum Gasteiger partial charge on any atom is 0.298 e. The third kappa shape index (κ3) is 5.19. The van der Waals surface area contributed by atoms with Gasteiger partial charge in [0.1, 0.15) is 5.52 Å². The SMILES string of the molecule is CN(CCCNC(=O)C1CCN(c2nc3ccccc3o2)CC1)Cc1ccccc1. The maximum atomic E-state index is 12.5. The summed E-state index contributed by atoms with van der Waals surface area (Å²) in [7, 11) is 2.12. The number of rotatable bonds is 8. The fourth-order valence-electron chi connectivity index (χ4n) is 4.01. The number of carbonyl (C=O) groups excluding carboxylic acids is 1.